The van der Waals surface area contributed by atoms with E-state index in [9.17, 15) is 4.79 Å². The van der Waals surface area contributed by atoms with Gasteiger partial charge >= 0.3 is 0 Å². The van der Waals surface area contributed by atoms with Gasteiger partial charge in [-0.05, 0) is 18.6 Å². The van der Waals surface area contributed by atoms with Crippen LogP contribution in [0.5, 0.6) is 0 Å². The molecule has 3 aromatic heterocycles. The summed E-state index contributed by atoms with van der Waals surface area (Å²) in [6, 6.07) is 3.65. The highest BCUT2D eigenvalue weighted by molar-refractivity contribution is 5.76. The van der Waals surface area contributed by atoms with Gasteiger partial charge in [0.1, 0.15) is 18.1 Å². The zero-order valence-electron chi connectivity index (χ0n) is 15.6. The van der Waals surface area contributed by atoms with Crippen LogP contribution in [0.1, 0.15) is 36.1 Å². The monoisotopic (exact) mass is 383 g/mol. The molecule has 0 saturated heterocycles. The lowest BCUT2D eigenvalue weighted by Gasteiger charge is -2.25. The molecule has 1 amide bonds. The lowest BCUT2D eigenvalue weighted by atomic mass is 10.1. The van der Waals surface area contributed by atoms with E-state index in [1.807, 2.05) is 17.0 Å². The number of hydrogen-bond acceptors (Lipinski definition) is 8. The molecule has 0 bridgehead atoms. The Bertz CT molecular complexity index is 937. The number of methoxy groups -OCH3 is 1. The molecule has 0 aliphatic carbocycles. The fraction of sp³-hybridized carbons (Fsp3) is 0.421. The predicted octanol–water partition coefficient (Wildman–Crippen LogP) is 2.17. The topological polar surface area (TPSA) is 107 Å². The normalized spacial score (nSPS) is 13.5. The largest absolute Gasteiger partial charge is 0.443 e. The fourth-order valence-electron chi connectivity index (χ4n) is 3.17. The number of amides is 1. The van der Waals surface area contributed by atoms with Crippen molar-refractivity contribution in [3.8, 4) is 11.4 Å². The summed E-state index contributed by atoms with van der Waals surface area (Å²) in [5.41, 5.74) is 1.68. The molecule has 0 saturated carbocycles. The number of pyridine rings is 1. The van der Waals surface area contributed by atoms with E-state index < -0.39 is 0 Å². The highest BCUT2D eigenvalue weighted by atomic mass is 16.5. The van der Waals surface area contributed by atoms with Crippen molar-refractivity contribution >= 4 is 5.91 Å². The molecule has 4 heterocycles. The Balaban J connectivity index is 1.27. The van der Waals surface area contributed by atoms with Gasteiger partial charge in [-0.15, -0.1) is 0 Å². The smallest absolute Gasteiger partial charge is 0.226 e. The van der Waals surface area contributed by atoms with Crippen LogP contribution in [0.25, 0.3) is 11.4 Å². The van der Waals surface area contributed by atoms with Gasteiger partial charge in [-0.25, -0.2) is 4.98 Å². The van der Waals surface area contributed by atoms with Crippen LogP contribution in [0.15, 0.2) is 33.5 Å². The molecule has 0 radical (unpaired) electrons. The number of nitrogens with zero attached hydrogens (tertiary/aromatic N) is 5. The molecule has 9 nitrogen and oxygen atoms in total. The Morgan fingerprint density at radius 3 is 2.93 bits per heavy atom. The lowest BCUT2D eigenvalue weighted by molar-refractivity contribution is -0.132. The van der Waals surface area contributed by atoms with Crippen molar-refractivity contribution in [2.24, 2.45) is 0 Å². The zero-order chi connectivity index (χ0) is 19.3. The van der Waals surface area contributed by atoms with Crippen molar-refractivity contribution in [1.29, 1.82) is 0 Å². The number of rotatable bonds is 7. The third-order valence-electron chi connectivity index (χ3n) is 4.58. The first-order chi connectivity index (χ1) is 13.7. The average molecular weight is 383 g/mol. The van der Waals surface area contributed by atoms with Gasteiger partial charge in [-0.3, -0.25) is 9.78 Å². The van der Waals surface area contributed by atoms with Crippen LogP contribution in [-0.2, 0) is 35.5 Å². The van der Waals surface area contributed by atoms with E-state index >= 15 is 0 Å². The summed E-state index contributed by atoms with van der Waals surface area (Å²) in [5.74, 6) is 2.57. The molecule has 1 aliphatic rings. The van der Waals surface area contributed by atoms with Gasteiger partial charge in [0.2, 0.25) is 23.5 Å². The summed E-state index contributed by atoms with van der Waals surface area (Å²) < 4.78 is 16.0. The summed E-state index contributed by atoms with van der Waals surface area (Å²) in [7, 11) is 1.60. The van der Waals surface area contributed by atoms with Gasteiger partial charge in [0.15, 0.2) is 0 Å². The van der Waals surface area contributed by atoms with E-state index in [1.165, 1.54) is 0 Å². The van der Waals surface area contributed by atoms with Crippen molar-refractivity contribution in [2.75, 3.05) is 13.7 Å². The van der Waals surface area contributed by atoms with Gasteiger partial charge in [0, 0.05) is 50.9 Å². The van der Waals surface area contributed by atoms with Crippen molar-refractivity contribution in [3.63, 3.8) is 0 Å². The standard InChI is InChI=1S/C19H21N5O4/c1-26-12-17-21-14-11-24(10-7-15(14)27-17)18(25)4-2-3-16-22-19(23-28-16)13-5-8-20-9-6-13/h5-6,8-9H,2-4,7,10-12H2,1H3. The maximum absolute atomic E-state index is 12.5. The summed E-state index contributed by atoms with van der Waals surface area (Å²) in [5, 5.41) is 3.98. The van der Waals surface area contributed by atoms with Crippen LogP contribution < -0.4 is 0 Å². The molecule has 3 aromatic rings. The maximum atomic E-state index is 12.5. The Morgan fingerprint density at radius 1 is 1.25 bits per heavy atom. The third-order valence-corrected chi connectivity index (χ3v) is 4.58. The Kier molecular flexibility index (Phi) is 5.43. The summed E-state index contributed by atoms with van der Waals surface area (Å²) >= 11 is 0. The molecule has 0 N–H and O–H groups in total. The number of aryl methyl sites for hydroxylation is 1. The minimum absolute atomic E-state index is 0.0933. The highest BCUT2D eigenvalue weighted by Gasteiger charge is 2.25. The minimum atomic E-state index is 0.0933. The quantitative estimate of drug-likeness (QED) is 0.611. The van der Waals surface area contributed by atoms with Gasteiger partial charge in [0.25, 0.3) is 0 Å². The number of oxazole rings is 1. The molecular formula is C19H21N5O4. The van der Waals surface area contributed by atoms with E-state index in [4.69, 9.17) is 13.7 Å². The molecule has 4 rings (SSSR count). The van der Waals surface area contributed by atoms with Crippen LogP contribution in [0.2, 0.25) is 0 Å². The summed E-state index contributed by atoms with van der Waals surface area (Å²) in [4.78, 5) is 27.1. The van der Waals surface area contributed by atoms with Gasteiger partial charge in [0.05, 0.1) is 6.54 Å². The number of carbonyl (C=O) groups is 1. The van der Waals surface area contributed by atoms with Crippen LogP contribution >= 0.6 is 0 Å². The number of carbonyl (C=O) groups excluding carboxylic acids is 1. The summed E-state index contributed by atoms with van der Waals surface area (Å²) in [6.45, 7) is 1.46. The first-order valence-electron chi connectivity index (χ1n) is 9.20. The molecule has 28 heavy (non-hydrogen) atoms. The Labute approximate surface area is 161 Å². The van der Waals surface area contributed by atoms with Gasteiger partial charge in [-0.1, -0.05) is 5.16 Å². The fourth-order valence-corrected chi connectivity index (χ4v) is 3.17. The number of hydrogen-bond donors (Lipinski definition) is 0. The molecule has 0 unspecified atom stereocenters. The molecule has 9 heteroatoms. The maximum Gasteiger partial charge on any atom is 0.226 e. The van der Waals surface area contributed by atoms with Crippen LogP contribution in [0, 0.1) is 0 Å². The average Bonchev–Trinajstić information content (AvgIpc) is 3.35. The van der Waals surface area contributed by atoms with Crippen LogP contribution in [-0.4, -0.2) is 44.6 Å². The third kappa shape index (κ3) is 4.09. The first kappa shape index (κ1) is 18.3. The van der Waals surface area contributed by atoms with E-state index in [-0.39, 0.29) is 5.91 Å². The second kappa shape index (κ2) is 8.30. The van der Waals surface area contributed by atoms with Crippen molar-refractivity contribution < 1.29 is 18.5 Å². The van der Waals surface area contributed by atoms with Crippen LogP contribution in [0.3, 0.4) is 0 Å². The number of ether oxygens (including phenoxy) is 1. The molecule has 0 atom stereocenters. The minimum Gasteiger partial charge on any atom is -0.443 e. The van der Waals surface area contributed by atoms with E-state index in [1.54, 1.807) is 19.5 Å². The zero-order valence-corrected chi connectivity index (χ0v) is 15.6. The highest BCUT2D eigenvalue weighted by Crippen LogP contribution is 2.21. The summed E-state index contributed by atoms with van der Waals surface area (Å²) in [6.07, 6.45) is 5.67. The molecule has 0 aromatic carbocycles. The molecule has 0 spiro atoms. The number of fused-ring (bicyclic) bond motifs is 1. The number of aromatic nitrogens is 4. The van der Waals surface area contributed by atoms with E-state index in [2.05, 4.69) is 20.1 Å². The van der Waals surface area contributed by atoms with Crippen molar-refractivity contribution in [2.45, 2.75) is 38.8 Å². The molecular weight excluding hydrogens is 362 g/mol. The second-order valence-corrected chi connectivity index (χ2v) is 6.58. The van der Waals surface area contributed by atoms with Gasteiger partial charge < -0.3 is 18.6 Å². The van der Waals surface area contributed by atoms with Crippen molar-refractivity contribution in [3.05, 3.63) is 47.8 Å². The van der Waals surface area contributed by atoms with Crippen molar-refractivity contribution in [1.82, 2.24) is 25.0 Å². The second-order valence-electron chi connectivity index (χ2n) is 6.58. The van der Waals surface area contributed by atoms with E-state index in [0.717, 1.165) is 17.0 Å². The Morgan fingerprint density at radius 2 is 2.11 bits per heavy atom. The van der Waals surface area contributed by atoms with Gasteiger partial charge in [-0.2, -0.15) is 4.98 Å². The molecule has 1 aliphatic heterocycles. The SMILES string of the molecule is COCc1nc2c(o1)CCN(C(=O)CCCc1nc(-c3ccncc3)no1)C2. The lowest BCUT2D eigenvalue weighted by Crippen LogP contribution is -2.35. The predicted molar refractivity (Wildman–Crippen MR) is 96.8 cm³/mol. The molecule has 0 fully saturated rings. The van der Waals surface area contributed by atoms with E-state index in [0.29, 0.717) is 63.0 Å². The molecule has 146 valence electrons. The van der Waals surface area contributed by atoms with Crippen LogP contribution in [0.4, 0.5) is 0 Å². The first-order valence-corrected chi connectivity index (χ1v) is 9.20. The Hall–Kier alpha value is -3.07.